The fourth-order valence-electron chi connectivity index (χ4n) is 4.70. The Bertz CT molecular complexity index is 1140. The molecule has 0 spiro atoms. The highest BCUT2D eigenvalue weighted by atomic mass is 35.5. The van der Waals surface area contributed by atoms with Gasteiger partial charge in [0.25, 0.3) is 0 Å². The van der Waals surface area contributed by atoms with Crippen LogP contribution < -0.4 is 10.1 Å². The van der Waals surface area contributed by atoms with Gasteiger partial charge in [-0.1, -0.05) is 66.2 Å². The maximum Gasteiger partial charge on any atom is 0.336 e. The van der Waals surface area contributed by atoms with Crippen molar-refractivity contribution in [3.63, 3.8) is 0 Å². The number of hydrogen-bond donors (Lipinski definition) is 2. The Kier molecular flexibility index (Phi) is 5.16. The summed E-state index contributed by atoms with van der Waals surface area (Å²) in [7, 11) is 0. The van der Waals surface area contributed by atoms with Gasteiger partial charge in [0.15, 0.2) is 0 Å². The number of halogens is 1. The van der Waals surface area contributed by atoms with E-state index in [1.54, 1.807) is 12.1 Å². The van der Waals surface area contributed by atoms with E-state index in [1.165, 1.54) is 0 Å². The first-order valence-electron chi connectivity index (χ1n) is 10.4. The molecule has 2 aliphatic rings. The van der Waals surface area contributed by atoms with E-state index in [1.807, 2.05) is 42.5 Å². The Labute approximate surface area is 186 Å². The molecule has 31 heavy (non-hydrogen) atoms. The van der Waals surface area contributed by atoms with Crippen molar-refractivity contribution in [2.24, 2.45) is 5.92 Å². The molecule has 5 rings (SSSR count). The second-order valence-electron chi connectivity index (χ2n) is 8.01. The van der Waals surface area contributed by atoms with Crippen LogP contribution in [-0.4, -0.2) is 11.1 Å². The summed E-state index contributed by atoms with van der Waals surface area (Å²) in [4.78, 5) is 11.8. The van der Waals surface area contributed by atoms with Gasteiger partial charge in [0.2, 0.25) is 0 Å². The highest BCUT2D eigenvalue weighted by molar-refractivity contribution is 6.33. The van der Waals surface area contributed by atoms with E-state index in [0.29, 0.717) is 17.2 Å². The number of carbonyl (C=O) groups is 1. The molecule has 5 heteroatoms. The number of benzene rings is 3. The molecule has 0 aromatic heterocycles. The number of carboxylic acid groups (broad SMARTS) is 1. The fraction of sp³-hybridized carbons (Fsp3) is 0.192. The van der Waals surface area contributed by atoms with Crippen molar-refractivity contribution in [3.05, 3.63) is 106 Å². The first kappa shape index (κ1) is 19.7. The summed E-state index contributed by atoms with van der Waals surface area (Å²) in [6, 6.07) is 21.5. The lowest BCUT2D eigenvalue weighted by atomic mass is 9.75. The third-order valence-electron chi connectivity index (χ3n) is 6.19. The quantitative estimate of drug-likeness (QED) is 0.456. The third kappa shape index (κ3) is 3.68. The number of ether oxygens (including phenoxy) is 1. The van der Waals surface area contributed by atoms with Crippen molar-refractivity contribution in [2.45, 2.75) is 25.0 Å². The number of hydrogen-bond acceptors (Lipinski definition) is 3. The number of fused-ring (bicyclic) bond motifs is 3. The van der Waals surface area contributed by atoms with Crippen LogP contribution in [0, 0.1) is 5.92 Å². The summed E-state index contributed by atoms with van der Waals surface area (Å²) in [6.07, 6.45) is 5.15. The van der Waals surface area contributed by atoms with Crippen LogP contribution in [0.2, 0.25) is 5.02 Å². The minimum atomic E-state index is -0.924. The molecule has 3 aromatic carbocycles. The van der Waals surface area contributed by atoms with Crippen LogP contribution in [0.4, 0.5) is 5.69 Å². The largest absolute Gasteiger partial charge is 0.489 e. The average molecular weight is 432 g/mol. The zero-order valence-electron chi connectivity index (χ0n) is 16.8. The number of carboxylic acids is 1. The summed E-state index contributed by atoms with van der Waals surface area (Å²) in [5.74, 6) is 0.156. The molecule has 1 aliphatic carbocycles. The summed E-state index contributed by atoms with van der Waals surface area (Å²) in [5, 5.41) is 13.8. The summed E-state index contributed by atoms with van der Waals surface area (Å²) < 4.78 is 5.92. The monoisotopic (exact) mass is 431 g/mol. The minimum absolute atomic E-state index is 0.0278. The lowest BCUT2D eigenvalue weighted by Gasteiger charge is -2.38. The van der Waals surface area contributed by atoms with Gasteiger partial charge in [0.05, 0.1) is 22.3 Å². The second kappa shape index (κ2) is 8.12. The molecule has 1 aliphatic heterocycles. The highest BCUT2D eigenvalue weighted by Crippen LogP contribution is 2.52. The molecule has 0 saturated heterocycles. The Hall–Kier alpha value is -3.24. The standard InChI is InChI=1S/C26H22ClNO3/c27-22-14-13-21(26(29)30)23-19-7-4-8-20(19)24(28-25(22)23)17-9-11-18(12-10-17)31-15-16-5-2-1-3-6-16/h1-7,9-14,19-20,24,28H,8,15H2,(H,29,30)/t19-,20-,24-/m1/s1. The van der Waals surface area contributed by atoms with Crippen molar-refractivity contribution in [3.8, 4) is 5.75 Å². The van der Waals surface area contributed by atoms with Gasteiger partial charge in [0, 0.05) is 5.92 Å². The SMILES string of the molecule is O=C(O)c1ccc(Cl)c2c1[C@@H]1C=CC[C@H]1[C@@H](c1ccc(OCc3ccccc3)cc1)N2. The van der Waals surface area contributed by atoms with E-state index in [4.69, 9.17) is 16.3 Å². The third-order valence-corrected chi connectivity index (χ3v) is 6.50. The maximum atomic E-state index is 11.8. The smallest absolute Gasteiger partial charge is 0.336 e. The molecule has 0 bridgehead atoms. The van der Waals surface area contributed by atoms with Gasteiger partial charge >= 0.3 is 5.97 Å². The molecule has 3 aromatic rings. The fourth-order valence-corrected chi connectivity index (χ4v) is 4.92. The molecule has 0 saturated carbocycles. The van der Waals surface area contributed by atoms with Gasteiger partial charge in [-0.25, -0.2) is 4.79 Å². The van der Waals surface area contributed by atoms with Gasteiger partial charge in [-0.3, -0.25) is 0 Å². The van der Waals surface area contributed by atoms with Crippen molar-refractivity contribution < 1.29 is 14.6 Å². The first-order valence-corrected chi connectivity index (χ1v) is 10.7. The minimum Gasteiger partial charge on any atom is -0.489 e. The molecule has 1 heterocycles. The number of aromatic carboxylic acids is 1. The van der Waals surface area contributed by atoms with E-state index >= 15 is 0 Å². The number of anilines is 1. The van der Waals surface area contributed by atoms with E-state index in [9.17, 15) is 9.90 Å². The van der Waals surface area contributed by atoms with Gasteiger partial charge in [-0.15, -0.1) is 0 Å². The predicted octanol–water partition coefficient (Wildman–Crippen LogP) is 6.44. The maximum absolute atomic E-state index is 11.8. The molecule has 4 nitrogen and oxygen atoms in total. The highest BCUT2D eigenvalue weighted by Gasteiger charge is 2.40. The Morgan fingerprint density at radius 1 is 1.06 bits per heavy atom. The normalized spacial score (nSPS) is 21.1. The van der Waals surface area contributed by atoms with Crippen molar-refractivity contribution in [2.75, 3.05) is 5.32 Å². The zero-order valence-corrected chi connectivity index (χ0v) is 17.5. The van der Waals surface area contributed by atoms with Crippen molar-refractivity contribution in [1.29, 1.82) is 0 Å². The summed E-state index contributed by atoms with van der Waals surface area (Å²) in [5.41, 5.74) is 4.09. The van der Waals surface area contributed by atoms with Crippen LogP contribution in [0.5, 0.6) is 5.75 Å². The van der Waals surface area contributed by atoms with Crippen LogP contribution in [0.1, 0.15) is 45.4 Å². The lowest BCUT2D eigenvalue weighted by Crippen LogP contribution is -2.30. The molecular weight excluding hydrogens is 410 g/mol. The van der Waals surface area contributed by atoms with Crippen LogP contribution >= 0.6 is 11.6 Å². The summed E-state index contributed by atoms with van der Waals surface area (Å²) >= 11 is 6.49. The zero-order chi connectivity index (χ0) is 21.4. The second-order valence-corrected chi connectivity index (χ2v) is 8.41. The van der Waals surface area contributed by atoms with Gasteiger partial charge < -0.3 is 15.2 Å². The van der Waals surface area contributed by atoms with E-state index in [2.05, 4.69) is 29.6 Å². The predicted molar refractivity (Wildman–Crippen MR) is 122 cm³/mol. The number of nitrogens with one attached hydrogen (secondary N) is 1. The average Bonchev–Trinajstić information content (AvgIpc) is 3.29. The molecule has 0 radical (unpaired) electrons. The van der Waals surface area contributed by atoms with E-state index in [-0.39, 0.29) is 17.9 Å². The van der Waals surface area contributed by atoms with Crippen LogP contribution in [0.3, 0.4) is 0 Å². The Morgan fingerprint density at radius 2 is 1.84 bits per heavy atom. The molecule has 0 amide bonds. The molecule has 3 atom stereocenters. The van der Waals surface area contributed by atoms with Crippen molar-refractivity contribution in [1.82, 2.24) is 0 Å². The Balaban J connectivity index is 1.41. The lowest BCUT2D eigenvalue weighted by molar-refractivity contribution is 0.0695. The molecular formula is C26H22ClNO3. The van der Waals surface area contributed by atoms with Crippen LogP contribution in [0.15, 0.2) is 78.9 Å². The topological polar surface area (TPSA) is 58.6 Å². The van der Waals surface area contributed by atoms with Crippen LogP contribution in [-0.2, 0) is 6.61 Å². The summed E-state index contributed by atoms with van der Waals surface area (Å²) in [6.45, 7) is 0.525. The molecule has 156 valence electrons. The van der Waals surface area contributed by atoms with Crippen LogP contribution in [0.25, 0.3) is 0 Å². The molecule has 0 unspecified atom stereocenters. The van der Waals surface area contributed by atoms with E-state index < -0.39 is 5.97 Å². The number of allylic oxidation sites excluding steroid dienone is 2. The number of rotatable bonds is 5. The Morgan fingerprint density at radius 3 is 2.58 bits per heavy atom. The first-order chi connectivity index (χ1) is 15.1. The molecule has 0 fully saturated rings. The van der Waals surface area contributed by atoms with Crippen molar-refractivity contribution >= 4 is 23.3 Å². The van der Waals surface area contributed by atoms with E-state index in [0.717, 1.165) is 34.5 Å². The molecule has 2 N–H and O–H groups in total. The van der Waals surface area contributed by atoms with Gasteiger partial charge in [-0.2, -0.15) is 0 Å². The van der Waals surface area contributed by atoms with Gasteiger partial charge in [0.1, 0.15) is 12.4 Å². The van der Waals surface area contributed by atoms with Gasteiger partial charge in [-0.05, 0) is 53.3 Å².